The molecule has 3 aromatic rings. The SMILES string of the molecule is CCCOC(=O)C1=C(C)Nc2nnnn2C1c1cccc(OCc2ccccc2)c1. The summed E-state index contributed by atoms with van der Waals surface area (Å²) < 4.78 is 13.0. The van der Waals surface area contributed by atoms with Crippen molar-refractivity contribution in [2.24, 2.45) is 0 Å². The molecule has 1 N–H and O–H groups in total. The van der Waals surface area contributed by atoms with Crippen molar-refractivity contribution in [1.29, 1.82) is 0 Å². The molecule has 0 spiro atoms. The van der Waals surface area contributed by atoms with Gasteiger partial charge in [0.05, 0.1) is 12.2 Å². The number of nitrogens with zero attached hydrogens (tertiary/aromatic N) is 4. The van der Waals surface area contributed by atoms with E-state index in [1.54, 1.807) is 4.68 Å². The topological polar surface area (TPSA) is 91.2 Å². The number of ether oxygens (including phenoxy) is 2. The average molecular weight is 405 g/mol. The van der Waals surface area contributed by atoms with Crippen LogP contribution >= 0.6 is 0 Å². The van der Waals surface area contributed by atoms with Crippen molar-refractivity contribution >= 4 is 11.9 Å². The number of nitrogens with one attached hydrogen (secondary N) is 1. The van der Waals surface area contributed by atoms with Crippen LogP contribution in [0.3, 0.4) is 0 Å². The lowest BCUT2D eigenvalue weighted by Gasteiger charge is -2.27. The van der Waals surface area contributed by atoms with E-state index in [1.807, 2.05) is 68.4 Å². The number of rotatable bonds is 7. The molecular formula is C22H23N5O3. The van der Waals surface area contributed by atoms with E-state index in [1.165, 1.54) is 0 Å². The molecule has 8 nitrogen and oxygen atoms in total. The fourth-order valence-electron chi connectivity index (χ4n) is 3.37. The van der Waals surface area contributed by atoms with Crippen LogP contribution in [-0.2, 0) is 16.1 Å². The first-order chi connectivity index (χ1) is 14.7. The highest BCUT2D eigenvalue weighted by atomic mass is 16.5. The van der Waals surface area contributed by atoms with E-state index in [4.69, 9.17) is 9.47 Å². The van der Waals surface area contributed by atoms with Crippen LogP contribution in [0.1, 0.15) is 37.4 Å². The predicted molar refractivity (Wildman–Crippen MR) is 111 cm³/mol. The molecule has 0 saturated carbocycles. The Morgan fingerprint density at radius 3 is 2.80 bits per heavy atom. The second-order valence-corrected chi connectivity index (χ2v) is 7.00. The molecule has 1 aliphatic heterocycles. The van der Waals surface area contributed by atoms with Crippen molar-refractivity contribution in [2.45, 2.75) is 32.9 Å². The van der Waals surface area contributed by atoms with Crippen LogP contribution in [0.2, 0.25) is 0 Å². The Morgan fingerprint density at radius 1 is 1.17 bits per heavy atom. The van der Waals surface area contributed by atoms with Crippen LogP contribution in [0, 0.1) is 0 Å². The van der Waals surface area contributed by atoms with E-state index < -0.39 is 6.04 Å². The number of aromatic nitrogens is 4. The summed E-state index contributed by atoms with van der Waals surface area (Å²) in [5, 5.41) is 14.9. The van der Waals surface area contributed by atoms with E-state index in [0.717, 1.165) is 17.5 Å². The first kappa shape index (κ1) is 19.6. The quantitative estimate of drug-likeness (QED) is 0.602. The third-order valence-corrected chi connectivity index (χ3v) is 4.79. The standard InChI is InChI=1S/C22H23N5O3/c1-3-12-29-21(28)19-15(2)23-22-24-25-26-27(22)20(19)17-10-7-11-18(13-17)30-14-16-8-5-4-6-9-16/h4-11,13,20H,3,12,14H2,1-2H3,(H,23,24,26). The highest BCUT2D eigenvalue weighted by Crippen LogP contribution is 2.36. The summed E-state index contributed by atoms with van der Waals surface area (Å²) in [5.41, 5.74) is 3.05. The lowest BCUT2D eigenvalue weighted by molar-refractivity contribution is -0.139. The van der Waals surface area contributed by atoms with Gasteiger partial charge in [0.1, 0.15) is 18.4 Å². The zero-order chi connectivity index (χ0) is 20.9. The molecule has 8 heteroatoms. The monoisotopic (exact) mass is 405 g/mol. The van der Waals surface area contributed by atoms with Gasteiger partial charge in [0.15, 0.2) is 0 Å². The lowest BCUT2D eigenvalue weighted by Crippen LogP contribution is -2.29. The van der Waals surface area contributed by atoms with E-state index in [0.29, 0.717) is 36.2 Å². The smallest absolute Gasteiger partial charge is 0.338 e. The first-order valence-electron chi connectivity index (χ1n) is 9.87. The van der Waals surface area contributed by atoms with Crippen LogP contribution < -0.4 is 10.1 Å². The van der Waals surface area contributed by atoms with Crippen LogP contribution in [0.15, 0.2) is 65.9 Å². The summed E-state index contributed by atoms with van der Waals surface area (Å²) in [7, 11) is 0. The molecule has 0 radical (unpaired) electrons. The van der Waals surface area contributed by atoms with Crippen molar-refractivity contribution in [3.8, 4) is 5.75 Å². The Kier molecular flexibility index (Phi) is 5.74. The fraction of sp³-hybridized carbons (Fsp3) is 0.273. The number of anilines is 1. The Hall–Kier alpha value is -3.68. The second-order valence-electron chi connectivity index (χ2n) is 7.00. The molecule has 30 heavy (non-hydrogen) atoms. The predicted octanol–water partition coefficient (Wildman–Crippen LogP) is 3.49. The summed E-state index contributed by atoms with van der Waals surface area (Å²) in [4.78, 5) is 12.8. The second kappa shape index (κ2) is 8.77. The Morgan fingerprint density at radius 2 is 2.00 bits per heavy atom. The molecule has 1 aromatic heterocycles. The first-order valence-corrected chi connectivity index (χ1v) is 9.87. The molecule has 154 valence electrons. The largest absolute Gasteiger partial charge is 0.489 e. The number of hydrogen-bond donors (Lipinski definition) is 1. The van der Waals surface area contributed by atoms with Crippen molar-refractivity contribution in [3.05, 3.63) is 77.0 Å². The molecule has 1 aliphatic rings. The van der Waals surface area contributed by atoms with Crippen molar-refractivity contribution in [2.75, 3.05) is 11.9 Å². The molecule has 0 saturated heterocycles. The number of carbonyl (C=O) groups excluding carboxylic acids is 1. The number of allylic oxidation sites excluding steroid dienone is 1. The molecule has 0 fully saturated rings. The van der Waals surface area contributed by atoms with Gasteiger partial charge in [0, 0.05) is 5.70 Å². The van der Waals surface area contributed by atoms with Crippen LogP contribution in [-0.4, -0.2) is 32.8 Å². The van der Waals surface area contributed by atoms with Gasteiger partial charge >= 0.3 is 5.97 Å². The Labute approximate surface area is 174 Å². The van der Waals surface area contributed by atoms with Gasteiger partial charge in [0.25, 0.3) is 0 Å². The summed E-state index contributed by atoms with van der Waals surface area (Å²) in [5.74, 6) is 0.784. The molecule has 0 aliphatic carbocycles. The van der Waals surface area contributed by atoms with E-state index in [2.05, 4.69) is 20.8 Å². The van der Waals surface area contributed by atoms with E-state index >= 15 is 0 Å². The minimum Gasteiger partial charge on any atom is -0.489 e. The number of esters is 1. The molecule has 1 atom stereocenters. The maximum absolute atomic E-state index is 12.8. The third kappa shape index (κ3) is 4.03. The minimum absolute atomic E-state index is 0.352. The molecule has 0 amide bonds. The van der Waals surface area contributed by atoms with E-state index in [-0.39, 0.29) is 5.97 Å². The average Bonchev–Trinajstić information content (AvgIpc) is 3.24. The zero-order valence-corrected chi connectivity index (χ0v) is 16.9. The van der Waals surface area contributed by atoms with Gasteiger partial charge in [-0.25, -0.2) is 4.79 Å². The fourth-order valence-corrected chi connectivity index (χ4v) is 3.37. The summed E-state index contributed by atoms with van der Waals surface area (Å²) >= 11 is 0. The van der Waals surface area contributed by atoms with Crippen molar-refractivity contribution in [1.82, 2.24) is 20.2 Å². The van der Waals surface area contributed by atoms with Crippen LogP contribution in [0.5, 0.6) is 5.75 Å². The number of benzene rings is 2. The maximum Gasteiger partial charge on any atom is 0.338 e. The third-order valence-electron chi connectivity index (χ3n) is 4.79. The summed E-state index contributed by atoms with van der Waals surface area (Å²) in [6, 6.07) is 17.1. The normalized spacial score (nSPS) is 15.3. The van der Waals surface area contributed by atoms with Crippen LogP contribution in [0.4, 0.5) is 5.95 Å². The van der Waals surface area contributed by atoms with E-state index in [9.17, 15) is 4.79 Å². The molecule has 2 aromatic carbocycles. The minimum atomic E-state index is -0.513. The highest BCUT2D eigenvalue weighted by molar-refractivity contribution is 5.92. The number of carbonyl (C=O) groups is 1. The van der Waals surface area contributed by atoms with Gasteiger partial charge < -0.3 is 14.8 Å². The summed E-state index contributed by atoms with van der Waals surface area (Å²) in [6.07, 6.45) is 0.745. The Bertz CT molecular complexity index is 1060. The lowest BCUT2D eigenvalue weighted by atomic mass is 9.95. The molecule has 0 bridgehead atoms. The zero-order valence-electron chi connectivity index (χ0n) is 16.9. The van der Waals surface area contributed by atoms with Gasteiger partial charge in [-0.1, -0.05) is 54.5 Å². The number of fused-ring (bicyclic) bond motifs is 1. The highest BCUT2D eigenvalue weighted by Gasteiger charge is 2.35. The van der Waals surface area contributed by atoms with Gasteiger partial charge in [-0.05, 0) is 47.0 Å². The molecular weight excluding hydrogens is 382 g/mol. The maximum atomic E-state index is 12.8. The molecule has 4 rings (SSSR count). The van der Waals surface area contributed by atoms with Gasteiger partial charge in [-0.2, -0.15) is 4.68 Å². The van der Waals surface area contributed by atoms with Gasteiger partial charge in [0.2, 0.25) is 5.95 Å². The van der Waals surface area contributed by atoms with Gasteiger partial charge in [-0.15, -0.1) is 0 Å². The van der Waals surface area contributed by atoms with Crippen molar-refractivity contribution in [3.63, 3.8) is 0 Å². The van der Waals surface area contributed by atoms with Crippen molar-refractivity contribution < 1.29 is 14.3 Å². The molecule has 2 heterocycles. The molecule has 1 unspecified atom stereocenters. The van der Waals surface area contributed by atoms with Crippen LogP contribution in [0.25, 0.3) is 0 Å². The summed E-state index contributed by atoms with van der Waals surface area (Å²) in [6.45, 7) is 4.58. The number of tetrazole rings is 1. The Balaban J connectivity index is 1.65. The van der Waals surface area contributed by atoms with Gasteiger partial charge in [-0.3, -0.25) is 0 Å². The number of hydrogen-bond acceptors (Lipinski definition) is 7.